The molecule has 82 valence electrons. The summed E-state index contributed by atoms with van der Waals surface area (Å²) in [5, 5.41) is 10.5. The number of aliphatic hydroxyl groups is 1. The Hall–Kier alpha value is -0.730. The molecule has 0 spiro atoms. The van der Waals surface area contributed by atoms with Gasteiger partial charge in [-0.1, -0.05) is 11.6 Å². The van der Waals surface area contributed by atoms with Gasteiger partial charge in [0.2, 0.25) is 5.69 Å². The summed E-state index contributed by atoms with van der Waals surface area (Å²) >= 11 is 5.79. The smallest absolute Gasteiger partial charge is 0.222 e. The fraction of sp³-hybridized carbons (Fsp3) is 0.500. The minimum absolute atomic E-state index is 0.356. The van der Waals surface area contributed by atoms with Crippen molar-refractivity contribution in [1.82, 2.24) is 4.98 Å². The molecule has 1 aromatic heterocycles. The van der Waals surface area contributed by atoms with Gasteiger partial charge in [0.15, 0.2) is 0 Å². The van der Waals surface area contributed by atoms with E-state index in [0.29, 0.717) is 5.15 Å². The number of hydrogen-bond donors (Lipinski definition) is 1. The van der Waals surface area contributed by atoms with Gasteiger partial charge in [-0.3, -0.25) is 0 Å². The average Bonchev–Trinajstić information content (AvgIpc) is 2.00. The van der Waals surface area contributed by atoms with Crippen LogP contribution in [0, 0.1) is 11.8 Å². The molecule has 0 aromatic carbocycles. The summed E-state index contributed by atoms with van der Waals surface area (Å²) in [4.78, 5) is 4.17. The zero-order valence-corrected chi connectivity index (χ0v) is 10.3. The van der Waals surface area contributed by atoms with Crippen molar-refractivity contribution in [2.24, 2.45) is 5.41 Å². The third-order valence-electron chi connectivity index (χ3n) is 2.82. The summed E-state index contributed by atoms with van der Waals surface area (Å²) in [6.45, 7) is 7.51. The van der Waals surface area contributed by atoms with E-state index in [1.807, 2.05) is 32.4 Å². The summed E-state index contributed by atoms with van der Waals surface area (Å²) in [5.74, 6) is 0. The molecule has 0 unspecified atom stereocenters. The van der Waals surface area contributed by atoms with Gasteiger partial charge < -0.3 is 5.11 Å². The molecule has 2 nitrogen and oxygen atoms in total. The third kappa shape index (κ3) is 3.11. The van der Waals surface area contributed by atoms with Crippen LogP contribution in [0.4, 0.5) is 0 Å². The molecule has 3 heteroatoms. The Balaban J connectivity index is 2.87. The highest BCUT2D eigenvalue weighted by atomic mass is 35.5. The van der Waals surface area contributed by atoms with E-state index in [1.165, 1.54) is 0 Å². The normalized spacial score (nSPS) is 12.7. The number of nitrogens with zero attached hydrogens (tertiary/aromatic N) is 1. The molecule has 0 aliphatic carbocycles. The first-order valence-corrected chi connectivity index (χ1v) is 5.31. The molecule has 0 atom stereocenters. The van der Waals surface area contributed by atoms with Crippen molar-refractivity contribution in [2.45, 2.75) is 33.3 Å². The summed E-state index contributed by atoms with van der Waals surface area (Å²) in [6.07, 6.45) is 1.93. The predicted molar refractivity (Wildman–Crippen MR) is 62.7 cm³/mol. The number of rotatable bonds is 3. The van der Waals surface area contributed by atoms with Crippen LogP contribution >= 0.6 is 11.6 Å². The molecule has 0 saturated carbocycles. The van der Waals surface area contributed by atoms with Gasteiger partial charge >= 0.3 is 0 Å². The number of halogens is 1. The number of pyridine rings is 1. The molecule has 0 aliphatic heterocycles. The molecule has 0 saturated heterocycles. The molecule has 1 rings (SSSR count). The van der Waals surface area contributed by atoms with Crippen LogP contribution in [-0.4, -0.2) is 15.7 Å². The molecule has 1 N–H and O–H groups in total. The lowest BCUT2D eigenvalue weighted by molar-refractivity contribution is -0.0147. The second-order valence-corrected chi connectivity index (χ2v) is 5.20. The molecule has 0 aliphatic rings. The Bertz CT molecular complexity index is 342. The highest BCUT2D eigenvalue weighted by Crippen LogP contribution is 2.35. The standard InChI is InChI=1S/C12H17ClNO/c1-11(2,12(3,4)15)8-9-6-5-7-10(13)14-9/h5-8,15H,1-4H3/q+1. The van der Waals surface area contributed by atoms with Crippen molar-refractivity contribution in [3.8, 4) is 0 Å². The fourth-order valence-corrected chi connectivity index (χ4v) is 1.22. The first kappa shape index (κ1) is 12.3. The molecule has 15 heavy (non-hydrogen) atoms. The third-order valence-corrected chi connectivity index (χ3v) is 3.03. The quantitative estimate of drug-likeness (QED) is 0.635. The van der Waals surface area contributed by atoms with Crippen LogP contribution in [0.25, 0.3) is 0 Å². The van der Waals surface area contributed by atoms with Crippen molar-refractivity contribution >= 4 is 11.6 Å². The van der Waals surface area contributed by atoms with E-state index in [-0.39, 0.29) is 5.41 Å². The molecule has 1 aromatic rings. The molecular weight excluding hydrogens is 210 g/mol. The van der Waals surface area contributed by atoms with Gasteiger partial charge in [-0.25, -0.2) is 0 Å². The highest BCUT2D eigenvalue weighted by molar-refractivity contribution is 6.29. The maximum Gasteiger partial charge on any atom is 0.222 e. The lowest BCUT2D eigenvalue weighted by atomic mass is 9.74. The van der Waals surface area contributed by atoms with Crippen LogP contribution in [0.1, 0.15) is 33.4 Å². The summed E-state index contributed by atoms with van der Waals surface area (Å²) < 4.78 is 0. The second kappa shape index (κ2) is 4.03. The highest BCUT2D eigenvalue weighted by Gasteiger charge is 2.40. The van der Waals surface area contributed by atoms with Crippen molar-refractivity contribution < 1.29 is 5.11 Å². The van der Waals surface area contributed by atoms with E-state index in [9.17, 15) is 5.11 Å². The van der Waals surface area contributed by atoms with E-state index < -0.39 is 5.60 Å². The van der Waals surface area contributed by atoms with E-state index in [0.717, 1.165) is 5.69 Å². The molecule has 1 heterocycles. The van der Waals surface area contributed by atoms with Gasteiger partial charge in [-0.05, 0) is 33.8 Å². The van der Waals surface area contributed by atoms with Crippen LogP contribution in [0.15, 0.2) is 18.2 Å². The van der Waals surface area contributed by atoms with E-state index in [4.69, 9.17) is 11.6 Å². The maximum absolute atomic E-state index is 9.98. The van der Waals surface area contributed by atoms with Crippen molar-refractivity contribution in [1.29, 1.82) is 0 Å². The summed E-state index contributed by atoms with van der Waals surface area (Å²) in [6, 6.07) is 5.46. The van der Waals surface area contributed by atoms with Gasteiger partial charge in [0.1, 0.15) is 5.15 Å². The Morgan fingerprint density at radius 2 is 1.87 bits per heavy atom. The minimum atomic E-state index is -0.795. The van der Waals surface area contributed by atoms with Crippen LogP contribution in [0.2, 0.25) is 5.15 Å². The largest absolute Gasteiger partial charge is 0.388 e. The van der Waals surface area contributed by atoms with E-state index >= 15 is 0 Å². The minimum Gasteiger partial charge on any atom is -0.388 e. The number of aromatic nitrogens is 1. The van der Waals surface area contributed by atoms with Crippen molar-refractivity contribution in [3.05, 3.63) is 35.5 Å². The second-order valence-electron chi connectivity index (χ2n) is 4.81. The van der Waals surface area contributed by atoms with Crippen LogP contribution in [0.3, 0.4) is 0 Å². The van der Waals surface area contributed by atoms with E-state index in [2.05, 4.69) is 4.98 Å². The summed E-state index contributed by atoms with van der Waals surface area (Å²) in [7, 11) is 0. The van der Waals surface area contributed by atoms with Crippen molar-refractivity contribution in [3.63, 3.8) is 0 Å². The molecule has 0 radical (unpaired) electrons. The molecule has 0 bridgehead atoms. The maximum atomic E-state index is 9.98. The van der Waals surface area contributed by atoms with Crippen LogP contribution in [-0.2, 0) is 0 Å². The molecular formula is C12H17ClNO+. The Labute approximate surface area is 96.3 Å². The lowest BCUT2D eigenvalue weighted by Gasteiger charge is -2.32. The number of hydrogen-bond acceptors (Lipinski definition) is 2. The zero-order chi connectivity index (χ0) is 11.7. The van der Waals surface area contributed by atoms with Gasteiger partial charge in [0.25, 0.3) is 0 Å². The lowest BCUT2D eigenvalue weighted by Crippen LogP contribution is -2.39. The Morgan fingerprint density at radius 3 is 2.33 bits per heavy atom. The zero-order valence-electron chi connectivity index (χ0n) is 9.58. The first-order valence-electron chi connectivity index (χ1n) is 4.93. The van der Waals surface area contributed by atoms with Crippen LogP contribution in [0.5, 0.6) is 0 Å². The predicted octanol–water partition coefficient (Wildman–Crippen LogP) is 3.08. The van der Waals surface area contributed by atoms with Gasteiger partial charge in [-0.2, -0.15) is 4.98 Å². The molecule has 0 fully saturated rings. The monoisotopic (exact) mass is 226 g/mol. The van der Waals surface area contributed by atoms with Gasteiger partial charge in [-0.15, -0.1) is 0 Å². The molecule has 0 amide bonds. The summed E-state index contributed by atoms with van der Waals surface area (Å²) in [5.41, 5.74) is -0.364. The van der Waals surface area contributed by atoms with Crippen LogP contribution < -0.4 is 0 Å². The Kier molecular flexibility index (Phi) is 3.31. The van der Waals surface area contributed by atoms with E-state index in [1.54, 1.807) is 19.9 Å². The fourth-order valence-electron chi connectivity index (χ4n) is 1.05. The van der Waals surface area contributed by atoms with Crippen molar-refractivity contribution in [2.75, 3.05) is 0 Å². The Morgan fingerprint density at radius 1 is 1.27 bits per heavy atom. The first-order chi connectivity index (χ1) is 6.72. The SMILES string of the molecule is CC(C)(O)C(C)(C)[CH+]c1cccc(Cl)n1. The average molecular weight is 227 g/mol. The topological polar surface area (TPSA) is 33.1 Å². The van der Waals surface area contributed by atoms with Gasteiger partial charge in [0.05, 0.1) is 23.5 Å². The van der Waals surface area contributed by atoms with Gasteiger partial charge in [0, 0.05) is 6.07 Å².